The lowest BCUT2D eigenvalue weighted by atomic mass is 9.95. The van der Waals surface area contributed by atoms with Crippen LogP contribution in [-0.2, 0) is 19.1 Å². The molecular weight excluding hydrogens is 681 g/mol. The molecule has 12 nitrogen and oxygen atoms in total. The van der Waals surface area contributed by atoms with Gasteiger partial charge in [0.25, 0.3) is 0 Å². The van der Waals surface area contributed by atoms with Crippen LogP contribution in [0.4, 0.5) is 0 Å². The van der Waals surface area contributed by atoms with E-state index in [1.807, 2.05) is 56.8 Å². The van der Waals surface area contributed by atoms with Crippen molar-refractivity contribution in [3.63, 3.8) is 0 Å². The van der Waals surface area contributed by atoms with E-state index in [2.05, 4.69) is 75.4 Å². The summed E-state index contributed by atoms with van der Waals surface area (Å²) in [6.07, 6.45) is 7.15. The van der Waals surface area contributed by atoms with E-state index in [0.717, 1.165) is 71.0 Å². The summed E-state index contributed by atoms with van der Waals surface area (Å²) in [6.45, 7) is 14.8. The van der Waals surface area contributed by atoms with Crippen LogP contribution < -0.4 is 5.32 Å². The van der Waals surface area contributed by atoms with Crippen LogP contribution in [0.5, 0.6) is 0 Å². The van der Waals surface area contributed by atoms with Crippen LogP contribution in [0.3, 0.4) is 0 Å². The molecule has 6 rings (SSSR count). The number of likely N-dealkylation sites (N-methyl/N-ethyl adjacent to an activating group) is 1. The third-order valence-electron chi connectivity index (χ3n) is 10.5. The quantitative estimate of drug-likeness (QED) is 0.138. The Hall–Kier alpha value is -5.39. The van der Waals surface area contributed by atoms with Crippen molar-refractivity contribution in [2.75, 3.05) is 33.8 Å². The fourth-order valence-electron chi connectivity index (χ4n) is 7.52. The van der Waals surface area contributed by atoms with Gasteiger partial charge in [-0.1, -0.05) is 83.1 Å². The lowest BCUT2D eigenvalue weighted by molar-refractivity contribution is -0.144. The predicted molar refractivity (Wildman–Crippen MR) is 209 cm³/mol. The molecule has 2 aliphatic heterocycles. The first-order chi connectivity index (χ1) is 25.7. The summed E-state index contributed by atoms with van der Waals surface area (Å²) in [5, 5.41) is 3.14. The van der Waals surface area contributed by atoms with E-state index >= 15 is 0 Å². The molecule has 286 valence electrons. The molecule has 12 heteroatoms. The number of methoxy groups -OCH3 is 1. The normalized spacial score (nSPS) is 17.9. The Morgan fingerprint density at radius 1 is 0.852 bits per heavy atom. The first-order valence-corrected chi connectivity index (χ1v) is 18.9. The molecule has 0 aliphatic carbocycles. The van der Waals surface area contributed by atoms with E-state index < -0.39 is 11.5 Å². The van der Waals surface area contributed by atoms with Crippen molar-refractivity contribution < 1.29 is 19.1 Å². The van der Waals surface area contributed by atoms with Gasteiger partial charge in [-0.3, -0.25) is 14.4 Å². The first-order valence-electron chi connectivity index (χ1n) is 18.9. The van der Waals surface area contributed by atoms with Gasteiger partial charge in [-0.05, 0) is 60.4 Å². The van der Waals surface area contributed by atoms with Crippen molar-refractivity contribution in [2.24, 2.45) is 11.3 Å². The number of aromatic amines is 2. The number of nitrogens with zero attached hydrogens (tertiary/aromatic N) is 5. The van der Waals surface area contributed by atoms with Gasteiger partial charge in [0, 0.05) is 25.6 Å². The molecule has 2 aliphatic rings. The number of rotatable bonds is 12. The van der Waals surface area contributed by atoms with Crippen LogP contribution in [0.2, 0.25) is 0 Å². The van der Waals surface area contributed by atoms with E-state index in [1.54, 1.807) is 14.2 Å². The van der Waals surface area contributed by atoms with Crippen LogP contribution in [0.25, 0.3) is 33.6 Å². The van der Waals surface area contributed by atoms with Crippen LogP contribution in [0, 0.1) is 11.3 Å². The fourth-order valence-corrected chi connectivity index (χ4v) is 7.52. The van der Waals surface area contributed by atoms with Gasteiger partial charge in [0.05, 0.1) is 49.5 Å². The molecule has 54 heavy (non-hydrogen) atoms. The highest BCUT2D eigenvalue weighted by Gasteiger charge is 2.37. The minimum atomic E-state index is -0.542. The molecule has 0 spiro atoms. The summed E-state index contributed by atoms with van der Waals surface area (Å²) in [5.74, 6) is 1.89. The third-order valence-corrected chi connectivity index (χ3v) is 10.5. The molecule has 4 heterocycles. The standard InChI is InChI=1S/C42H54N8O4/c1-26(2)37(45-27(3)54-8)40(52)50-22-10-12-35(50)39-44-24-33(47-39)31-19-15-29(16-20-31)28-13-17-30(18-14-28)32-23-43-38(46-32)34-11-9-21-49(34)36(51)25-48(7)41(53)42(4,5)6/h13-20,23-24,26,34-35,37,45H,3,9-12,21-22,25H2,1-2,4-8H3,(H,43,46)(H,44,47)/t34-,35-,37-/m0/s1. The summed E-state index contributed by atoms with van der Waals surface area (Å²) in [5.41, 5.74) is 5.44. The van der Waals surface area contributed by atoms with Crippen molar-refractivity contribution in [1.29, 1.82) is 0 Å². The maximum atomic E-state index is 13.6. The summed E-state index contributed by atoms with van der Waals surface area (Å²) < 4.78 is 5.20. The molecular formula is C42H54N8O4. The van der Waals surface area contributed by atoms with Gasteiger partial charge in [-0.2, -0.15) is 0 Å². The number of carbonyl (C=O) groups excluding carboxylic acids is 3. The largest absolute Gasteiger partial charge is 0.483 e. The summed E-state index contributed by atoms with van der Waals surface area (Å²) >= 11 is 0. The number of benzene rings is 2. The van der Waals surface area contributed by atoms with E-state index in [9.17, 15) is 14.4 Å². The molecule has 0 saturated carbocycles. The van der Waals surface area contributed by atoms with Crippen LogP contribution in [-0.4, -0.2) is 92.2 Å². The molecule has 0 bridgehead atoms. The number of aromatic nitrogens is 4. The zero-order chi connectivity index (χ0) is 38.7. The molecule has 2 aromatic heterocycles. The number of ether oxygens (including phenoxy) is 1. The van der Waals surface area contributed by atoms with Crippen LogP contribution in [0.15, 0.2) is 73.4 Å². The van der Waals surface area contributed by atoms with E-state index in [4.69, 9.17) is 9.72 Å². The highest BCUT2D eigenvalue weighted by molar-refractivity contribution is 5.87. The Kier molecular flexibility index (Phi) is 11.3. The van der Waals surface area contributed by atoms with Crippen molar-refractivity contribution >= 4 is 17.7 Å². The van der Waals surface area contributed by atoms with Gasteiger partial charge in [0.15, 0.2) is 5.88 Å². The highest BCUT2D eigenvalue weighted by atomic mass is 16.5. The average Bonchev–Trinajstić information content (AvgIpc) is 3.99. The Balaban J connectivity index is 1.09. The topological polar surface area (TPSA) is 140 Å². The lowest BCUT2D eigenvalue weighted by Gasteiger charge is -2.31. The number of nitrogens with one attached hydrogen (secondary N) is 3. The average molecular weight is 735 g/mol. The lowest BCUT2D eigenvalue weighted by Crippen LogP contribution is -2.48. The summed E-state index contributed by atoms with van der Waals surface area (Å²) in [7, 11) is 3.23. The van der Waals surface area contributed by atoms with Gasteiger partial charge >= 0.3 is 0 Å². The van der Waals surface area contributed by atoms with E-state index in [1.165, 1.54) is 4.90 Å². The van der Waals surface area contributed by atoms with Crippen LogP contribution >= 0.6 is 0 Å². The number of H-pyrrole nitrogens is 2. The molecule has 4 aromatic rings. The summed E-state index contributed by atoms with van der Waals surface area (Å²) in [6, 6.07) is 16.0. The van der Waals surface area contributed by atoms with Gasteiger partial charge in [0.2, 0.25) is 17.7 Å². The van der Waals surface area contributed by atoms with Gasteiger partial charge in [-0.25, -0.2) is 9.97 Å². The Morgan fingerprint density at radius 2 is 1.31 bits per heavy atom. The molecule has 3 amide bonds. The fraction of sp³-hybridized carbons (Fsp3) is 0.452. The second kappa shape index (κ2) is 15.9. The van der Waals surface area contributed by atoms with Crippen molar-refractivity contribution in [2.45, 2.75) is 78.4 Å². The zero-order valence-corrected chi connectivity index (χ0v) is 32.6. The minimum Gasteiger partial charge on any atom is -0.483 e. The maximum absolute atomic E-state index is 13.6. The van der Waals surface area contributed by atoms with E-state index in [0.29, 0.717) is 19.0 Å². The number of likely N-dealkylation sites (tertiary alicyclic amines) is 2. The first kappa shape index (κ1) is 38.3. The highest BCUT2D eigenvalue weighted by Crippen LogP contribution is 2.35. The molecule has 3 N–H and O–H groups in total. The minimum absolute atomic E-state index is 0.0225. The number of imidazole rings is 2. The number of carbonyl (C=O) groups is 3. The Morgan fingerprint density at radius 3 is 1.78 bits per heavy atom. The molecule has 2 fully saturated rings. The SMILES string of the molecule is C=C(N[C@H](C(=O)N1CCC[C@H]1c1ncc(-c2ccc(-c3ccc(-c4cnc([C@@H]5CCCN5C(=O)CN(C)C(=O)C(C)(C)C)[nH]4)cc3)cc2)[nH]1)C(C)C)OC. The maximum Gasteiger partial charge on any atom is 0.246 e. The van der Waals surface area contributed by atoms with Gasteiger partial charge < -0.3 is 34.7 Å². The van der Waals surface area contributed by atoms with Crippen molar-refractivity contribution in [1.82, 2.24) is 40.0 Å². The van der Waals surface area contributed by atoms with Gasteiger partial charge in [0.1, 0.15) is 17.7 Å². The molecule has 2 saturated heterocycles. The second-order valence-electron chi connectivity index (χ2n) is 15.9. The number of amides is 3. The zero-order valence-electron chi connectivity index (χ0n) is 32.6. The van der Waals surface area contributed by atoms with Crippen LogP contribution in [0.1, 0.15) is 84.0 Å². The smallest absolute Gasteiger partial charge is 0.246 e. The molecule has 2 aromatic carbocycles. The predicted octanol–water partition coefficient (Wildman–Crippen LogP) is 6.70. The van der Waals surface area contributed by atoms with E-state index in [-0.39, 0.29) is 42.3 Å². The number of hydrogen-bond acceptors (Lipinski definition) is 7. The van der Waals surface area contributed by atoms with Gasteiger partial charge in [-0.15, -0.1) is 0 Å². The number of hydrogen-bond donors (Lipinski definition) is 3. The monoisotopic (exact) mass is 734 g/mol. The molecule has 3 atom stereocenters. The van der Waals surface area contributed by atoms with Crippen molar-refractivity contribution in [3.05, 3.63) is 85.0 Å². The summed E-state index contributed by atoms with van der Waals surface area (Å²) in [4.78, 5) is 61.2. The molecule has 0 unspecified atom stereocenters. The third kappa shape index (κ3) is 8.22. The Bertz CT molecular complexity index is 1960. The van der Waals surface area contributed by atoms with Crippen molar-refractivity contribution in [3.8, 4) is 33.6 Å². The molecule has 0 radical (unpaired) electrons. The Labute approximate surface area is 318 Å². The second-order valence-corrected chi connectivity index (χ2v) is 15.9.